The monoisotopic (exact) mass is 777 g/mol. The van der Waals surface area contributed by atoms with Crippen LogP contribution in [-0.2, 0) is 0 Å². The summed E-state index contributed by atoms with van der Waals surface area (Å²) in [6, 6.07) is 30.4. The summed E-state index contributed by atoms with van der Waals surface area (Å²) in [6.07, 6.45) is 10.0. The van der Waals surface area contributed by atoms with E-state index in [1.165, 1.54) is 48.5 Å². The van der Waals surface area contributed by atoms with Crippen molar-refractivity contribution in [3.8, 4) is 11.3 Å². The Labute approximate surface area is 321 Å². The van der Waals surface area contributed by atoms with Gasteiger partial charge in [0.05, 0.1) is 23.9 Å². The summed E-state index contributed by atoms with van der Waals surface area (Å²) in [7, 11) is 0. The lowest BCUT2D eigenvalue weighted by atomic mass is 9.66. The van der Waals surface area contributed by atoms with E-state index in [1.54, 1.807) is 0 Å². The first kappa shape index (κ1) is 32.4. The number of fused-ring (bicyclic) bond motifs is 2. The zero-order valence-corrected chi connectivity index (χ0v) is 31.4. The first-order valence-electron chi connectivity index (χ1n) is 19.3. The second kappa shape index (κ2) is 12.8. The Hall–Kier alpha value is -5.00. The molecule has 10 nitrogen and oxygen atoms in total. The molecule has 270 valence electrons. The minimum Gasteiger partial charge on any atom is -0.393 e. The zero-order chi connectivity index (χ0) is 35.9. The van der Waals surface area contributed by atoms with Gasteiger partial charge in [-0.3, -0.25) is 0 Å². The number of aromatic nitrogens is 8. The van der Waals surface area contributed by atoms with Gasteiger partial charge in [0, 0.05) is 42.9 Å². The second-order valence-electron chi connectivity index (χ2n) is 15.8. The lowest BCUT2D eigenvalue weighted by molar-refractivity contribution is 0.145. The Bertz CT molecular complexity index is 2480. The van der Waals surface area contributed by atoms with Crippen LogP contribution in [0.2, 0.25) is 0 Å². The van der Waals surface area contributed by atoms with Crippen molar-refractivity contribution in [2.45, 2.75) is 68.5 Å². The number of benzene rings is 2. The van der Waals surface area contributed by atoms with Crippen LogP contribution in [0.4, 0.5) is 5.95 Å². The van der Waals surface area contributed by atoms with E-state index in [-0.39, 0.29) is 6.10 Å². The van der Waals surface area contributed by atoms with E-state index >= 15 is 0 Å². The van der Waals surface area contributed by atoms with Gasteiger partial charge in [-0.25, -0.2) is 29.9 Å². The maximum absolute atomic E-state index is 9.75. The van der Waals surface area contributed by atoms with Crippen molar-refractivity contribution in [1.82, 2.24) is 39.0 Å². The topological polar surface area (TPSA) is 111 Å². The maximum Gasteiger partial charge on any atom is 0.225 e. The number of piperidine rings is 1. The number of anilines is 1. The first-order chi connectivity index (χ1) is 26.6. The molecule has 11 heteroatoms. The van der Waals surface area contributed by atoms with Crippen molar-refractivity contribution in [2.24, 2.45) is 11.8 Å². The molecule has 2 aromatic carbocycles. The van der Waals surface area contributed by atoms with Crippen LogP contribution >= 0.6 is 15.9 Å². The molecular formula is C43H40BrN9O. The summed E-state index contributed by atoms with van der Waals surface area (Å²) >= 11 is 3.50. The number of rotatable bonds is 4. The van der Waals surface area contributed by atoms with Crippen LogP contribution in [0, 0.1) is 11.8 Å². The van der Waals surface area contributed by atoms with Crippen molar-refractivity contribution < 1.29 is 5.11 Å². The number of aliphatic hydroxyl groups excluding tert-OH is 1. The van der Waals surface area contributed by atoms with Gasteiger partial charge in [-0.05, 0) is 102 Å². The van der Waals surface area contributed by atoms with E-state index in [4.69, 9.17) is 19.9 Å². The molecular weight excluding hydrogens is 738 g/mol. The summed E-state index contributed by atoms with van der Waals surface area (Å²) < 4.78 is 5.66. The Morgan fingerprint density at radius 2 is 1.11 bits per heavy atom. The number of hydrogen-bond acceptors (Lipinski definition) is 8. The van der Waals surface area contributed by atoms with Crippen LogP contribution < -0.4 is 4.90 Å². The molecule has 54 heavy (non-hydrogen) atoms. The molecule has 1 saturated heterocycles. The van der Waals surface area contributed by atoms with Gasteiger partial charge < -0.3 is 19.1 Å². The summed E-state index contributed by atoms with van der Waals surface area (Å²) in [5.41, 5.74) is 8.45. The molecule has 5 aliphatic heterocycles. The average Bonchev–Trinajstić information content (AvgIpc) is 3.77. The molecule has 0 amide bonds. The van der Waals surface area contributed by atoms with Crippen LogP contribution in [0.3, 0.4) is 0 Å². The van der Waals surface area contributed by atoms with Gasteiger partial charge in [-0.1, -0.05) is 60.7 Å². The largest absolute Gasteiger partial charge is 0.393 e. The van der Waals surface area contributed by atoms with Crippen LogP contribution in [0.25, 0.3) is 33.6 Å². The summed E-state index contributed by atoms with van der Waals surface area (Å²) in [5.74, 6) is 5.69. The maximum atomic E-state index is 9.75. The molecule has 7 aliphatic rings. The normalized spacial score (nSPS) is 25.3. The quantitative estimate of drug-likeness (QED) is 0.178. The predicted octanol–water partition coefficient (Wildman–Crippen LogP) is 8.24. The molecule has 1 N–H and O–H groups in total. The number of imidazole rings is 2. The SMILES string of the molecule is Brc1ccc2nc3n(c2n1)C(c1ccccc1)C1CC3C1.OC1CCN(c2ncc(-c3ccc4nc5n(c4n3)C(c3ccccc3)C3CC5C3)cn2)CC1. The van der Waals surface area contributed by atoms with Crippen LogP contribution in [0.5, 0.6) is 0 Å². The fourth-order valence-corrected chi connectivity index (χ4v) is 10.1. The van der Waals surface area contributed by atoms with Crippen molar-refractivity contribution >= 4 is 44.2 Å². The summed E-state index contributed by atoms with van der Waals surface area (Å²) in [4.78, 5) is 31.0. The predicted molar refractivity (Wildman–Crippen MR) is 211 cm³/mol. The van der Waals surface area contributed by atoms with Gasteiger partial charge in [-0.2, -0.15) is 0 Å². The highest BCUT2D eigenvalue weighted by molar-refractivity contribution is 9.10. The average molecular weight is 779 g/mol. The summed E-state index contributed by atoms with van der Waals surface area (Å²) in [6.45, 7) is 1.58. The highest BCUT2D eigenvalue weighted by Crippen LogP contribution is 2.56. The number of aliphatic hydroxyl groups is 1. The van der Waals surface area contributed by atoms with Gasteiger partial charge in [0.25, 0.3) is 0 Å². The third-order valence-electron chi connectivity index (χ3n) is 12.6. The Morgan fingerprint density at radius 1 is 0.593 bits per heavy atom. The molecule has 14 rings (SSSR count). The van der Waals surface area contributed by atoms with E-state index in [9.17, 15) is 5.11 Å². The Morgan fingerprint density at radius 3 is 1.67 bits per heavy atom. The van der Waals surface area contributed by atoms with Crippen molar-refractivity contribution in [2.75, 3.05) is 18.0 Å². The van der Waals surface area contributed by atoms with Gasteiger partial charge >= 0.3 is 0 Å². The molecule has 4 bridgehead atoms. The number of pyridine rings is 2. The van der Waals surface area contributed by atoms with Crippen molar-refractivity contribution in [3.05, 3.63) is 125 Å². The van der Waals surface area contributed by atoms with E-state index in [2.05, 4.69) is 113 Å². The number of halogens is 1. The van der Waals surface area contributed by atoms with Crippen LogP contribution in [0.1, 0.15) is 85.2 Å². The van der Waals surface area contributed by atoms with E-state index in [0.717, 1.165) is 76.0 Å². The molecule has 3 fully saturated rings. The smallest absolute Gasteiger partial charge is 0.225 e. The van der Waals surface area contributed by atoms with E-state index in [1.807, 2.05) is 24.5 Å². The Balaban J connectivity index is 0.000000139. The third kappa shape index (κ3) is 5.30. The minimum atomic E-state index is -0.205. The molecule has 10 heterocycles. The zero-order valence-electron chi connectivity index (χ0n) is 29.8. The molecule has 0 spiro atoms. The van der Waals surface area contributed by atoms with Crippen molar-refractivity contribution in [1.29, 1.82) is 0 Å². The van der Waals surface area contributed by atoms with Crippen LogP contribution in [-0.4, -0.2) is 63.3 Å². The van der Waals surface area contributed by atoms with Gasteiger partial charge in [-0.15, -0.1) is 0 Å². The molecule has 0 radical (unpaired) electrons. The highest BCUT2D eigenvalue weighted by atomic mass is 79.9. The van der Waals surface area contributed by atoms with Crippen LogP contribution in [0.15, 0.2) is 102 Å². The van der Waals surface area contributed by atoms with E-state index < -0.39 is 0 Å². The summed E-state index contributed by atoms with van der Waals surface area (Å²) in [5, 5.41) is 9.75. The fraction of sp³-hybridized carbons (Fsp3) is 0.349. The molecule has 2 saturated carbocycles. The molecule has 5 aromatic heterocycles. The fourth-order valence-electron chi connectivity index (χ4n) is 9.75. The number of hydrogen-bond donors (Lipinski definition) is 1. The third-order valence-corrected chi connectivity index (χ3v) is 13.0. The van der Waals surface area contributed by atoms with E-state index in [0.29, 0.717) is 29.8 Å². The van der Waals surface area contributed by atoms with Gasteiger partial charge in [0.15, 0.2) is 11.3 Å². The molecule has 2 unspecified atom stereocenters. The molecule has 7 aromatic rings. The lowest BCUT2D eigenvalue weighted by Gasteiger charge is -2.47. The molecule has 2 atom stereocenters. The first-order valence-corrected chi connectivity index (χ1v) is 20.1. The molecule has 2 aliphatic carbocycles. The minimum absolute atomic E-state index is 0.205. The van der Waals surface area contributed by atoms with Gasteiger partial charge in [0.2, 0.25) is 5.95 Å². The second-order valence-corrected chi connectivity index (χ2v) is 16.6. The number of nitrogens with zero attached hydrogens (tertiary/aromatic N) is 9. The Kier molecular flexibility index (Phi) is 7.69. The van der Waals surface area contributed by atoms with Crippen molar-refractivity contribution in [3.63, 3.8) is 0 Å². The van der Waals surface area contributed by atoms with Gasteiger partial charge in [0.1, 0.15) is 27.3 Å². The standard InChI is InChI=1S/C26H26N6O.C17H14BrN3/c33-20-8-10-31(11-9-20)26-27-14-19(15-28-26)21-6-7-22-25(29-21)32-23(16-4-2-1-3-5-16)17-12-18(13-17)24(32)30-22;18-14-7-6-13-17(20-14)21-15(10-4-2-1-3-5-10)11-8-12(9-11)16(21)19-13/h1-7,14-15,17-18,20,23,33H,8-13H2;1-7,11-12,15H,8-9H2. The highest BCUT2D eigenvalue weighted by Gasteiger charge is 2.48. The lowest BCUT2D eigenvalue weighted by Crippen LogP contribution is -2.39.